The van der Waals surface area contributed by atoms with E-state index < -0.39 is 0 Å². The fourth-order valence-corrected chi connectivity index (χ4v) is 3.58. The predicted octanol–water partition coefficient (Wildman–Crippen LogP) is 3.77. The third-order valence-corrected chi connectivity index (χ3v) is 5.08. The van der Waals surface area contributed by atoms with E-state index in [0.717, 1.165) is 36.3 Å². The maximum atomic E-state index is 12.6. The third kappa shape index (κ3) is 7.28. The lowest BCUT2D eigenvalue weighted by atomic mass is 10.1. The molecular weight excluding hydrogens is 364 g/mol. The Hall–Kier alpha value is -2.21. The molecule has 2 aromatic carbocycles. The van der Waals surface area contributed by atoms with Crippen molar-refractivity contribution in [2.24, 2.45) is 0 Å². The number of carbonyl (C=O) groups excluding carboxylic acids is 1. The minimum absolute atomic E-state index is 0.0355. The molecule has 156 valence electrons. The van der Waals surface area contributed by atoms with E-state index in [1.165, 1.54) is 18.4 Å². The van der Waals surface area contributed by atoms with Crippen LogP contribution in [0.15, 0.2) is 48.5 Å². The lowest BCUT2D eigenvalue weighted by Gasteiger charge is -2.15. The highest BCUT2D eigenvalue weighted by molar-refractivity contribution is 5.94. The van der Waals surface area contributed by atoms with Gasteiger partial charge in [0, 0.05) is 25.3 Å². The zero-order chi connectivity index (χ0) is 20.3. The van der Waals surface area contributed by atoms with Gasteiger partial charge in [0.05, 0.1) is 19.8 Å². The summed E-state index contributed by atoms with van der Waals surface area (Å²) in [5.74, 6) is -0.0355. The molecule has 0 spiro atoms. The molecule has 0 aliphatic carbocycles. The van der Waals surface area contributed by atoms with Gasteiger partial charge in [-0.1, -0.05) is 36.4 Å². The number of nitrogens with zero attached hydrogens (tertiary/aromatic N) is 1. The predicted molar refractivity (Wildman–Crippen MR) is 115 cm³/mol. The van der Waals surface area contributed by atoms with Crippen LogP contribution in [0.1, 0.15) is 46.8 Å². The van der Waals surface area contributed by atoms with Gasteiger partial charge in [0.25, 0.3) is 5.91 Å². The fraction of sp³-hybridized carbons (Fsp3) is 0.458. The van der Waals surface area contributed by atoms with E-state index in [2.05, 4.69) is 22.3 Å². The first kappa shape index (κ1) is 21.5. The molecule has 1 fully saturated rings. The number of benzene rings is 2. The fourth-order valence-electron chi connectivity index (χ4n) is 3.58. The van der Waals surface area contributed by atoms with Gasteiger partial charge in [-0.25, -0.2) is 0 Å². The van der Waals surface area contributed by atoms with Crippen LogP contribution in [0.5, 0.6) is 0 Å². The lowest BCUT2D eigenvalue weighted by Crippen LogP contribution is -2.23. The van der Waals surface area contributed by atoms with Gasteiger partial charge < -0.3 is 14.8 Å². The molecule has 29 heavy (non-hydrogen) atoms. The van der Waals surface area contributed by atoms with Crippen molar-refractivity contribution in [1.29, 1.82) is 0 Å². The van der Waals surface area contributed by atoms with Crippen LogP contribution in [-0.4, -0.2) is 43.7 Å². The molecular formula is C24H32N2O3. The largest absolute Gasteiger partial charge is 0.379 e. The Balaban J connectivity index is 1.48. The smallest absolute Gasteiger partial charge is 0.251 e. The van der Waals surface area contributed by atoms with Crippen molar-refractivity contribution in [3.63, 3.8) is 0 Å². The molecule has 0 aromatic heterocycles. The van der Waals surface area contributed by atoms with Crippen molar-refractivity contribution in [2.45, 2.75) is 39.5 Å². The highest BCUT2D eigenvalue weighted by atomic mass is 16.5. The summed E-state index contributed by atoms with van der Waals surface area (Å²) in [5, 5.41) is 3.03. The van der Waals surface area contributed by atoms with Gasteiger partial charge in [0.2, 0.25) is 0 Å². The summed E-state index contributed by atoms with van der Waals surface area (Å²) in [4.78, 5) is 15.0. The van der Waals surface area contributed by atoms with Crippen LogP contribution >= 0.6 is 0 Å². The van der Waals surface area contributed by atoms with Crippen molar-refractivity contribution >= 4 is 5.91 Å². The Morgan fingerprint density at radius 2 is 1.69 bits per heavy atom. The molecule has 1 amide bonds. The lowest BCUT2D eigenvalue weighted by molar-refractivity contribution is 0.0453. The highest BCUT2D eigenvalue weighted by Gasteiger charge is 2.13. The molecule has 0 atom stereocenters. The minimum atomic E-state index is -0.0355. The standard InChI is InChI=1S/C24H32N2O3/c1-2-28-13-14-29-19-22-9-5-7-20(15-22)17-25-24(27)23-10-6-8-21(16-23)18-26-11-3-4-12-26/h5-10,15-16H,2-4,11-14,17-19H2,1H3,(H,25,27). The molecule has 5 nitrogen and oxygen atoms in total. The summed E-state index contributed by atoms with van der Waals surface area (Å²) in [6, 6.07) is 16.1. The van der Waals surface area contributed by atoms with Crippen molar-refractivity contribution in [3.05, 3.63) is 70.8 Å². The average molecular weight is 397 g/mol. The summed E-state index contributed by atoms with van der Waals surface area (Å²) in [7, 11) is 0. The summed E-state index contributed by atoms with van der Waals surface area (Å²) in [6.45, 7) is 8.17. The Kier molecular flexibility index (Phi) is 8.68. The summed E-state index contributed by atoms with van der Waals surface area (Å²) in [6.07, 6.45) is 2.55. The topological polar surface area (TPSA) is 50.8 Å². The molecule has 3 rings (SSSR count). The maximum absolute atomic E-state index is 12.6. The molecule has 0 saturated carbocycles. The van der Waals surface area contributed by atoms with Crippen LogP contribution < -0.4 is 5.32 Å². The molecule has 1 N–H and O–H groups in total. The summed E-state index contributed by atoms with van der Waals surface area (Å²) in [5.41, 5.74) is 4.08. The van der Waals surface area contributed by atoms with Crippen molar-refractivity contribution in [1.82, 2.24) is 10.2 Å². The van der Waals surface area contributed by atoms with Crippen molar-refractivity contribution < 1.29 is 14.3 Å². The average Bonchev–Trinajstić information content (AvgIpc) is 3.25. The number of rotatable bonds is 11. The second kappa shape index (κ2) is 11.7. The number of likely N-dealkylation sites (tertiary alicyclic amines) is 1. The second-order valence-electron chi connectivity index (χ2n) is 7.44. The van der Waals surface area contributed by atoms with Crippen molar-refractivity contribution in [3.8, 4) is 0 Å². The van der Waals surface area contributed by atoms with E-state index >= 15 is 0 Å². The van der Waals surface area contributed by atoms with Gasteiger partial charge in [-0.3, -0.25) is 9.69 Å². The van der Waals surface area contributed by atoms with E-state index in [1.54, 1.807) is 0 Å². The van der Waals surface area contributed by atoms with Gasteiger partial charge in [0.15, 0.2) is 0 Å². The molecule has 1 aliphatic heterocycles. The Morgan fingerprint density at radius 1 is 0.966 bits per heavy atom. The van der Waals surface area contributed by atoms with Crippen LogP contribution in [0.4, 0.5) is 0 Å². The number of amides is 1. The number of ether oxygens (including phenoxy) is 2. The van der Waals surface area contributed by atoms with E-state index in [1.807, 2.05) is 43.3 Å². The Morgan fingerprint density at radius 3 is 2.52 bits per heavy atom. The van der Waals surface area contributed by atoms with Gasteiger partial charge in [-0.05, 0) is 61.7 Å². The van der Waals surface area contributed by atoms with Crippen LogP contribution in [0.2, 0.25) is 0 Å². The van der Waals surface area contributed by atoms with E-state index in [4.69, 9.17) is 9.47 Å². The normalized spacial score (nSPS) is 14.2. The Labute approximate surface area is 174 Å². The molecule has 0 unspecified atom stereocenters. The molecule has 1 aliphatic rings. The van der Waals surface area contributed by atoms with Gasteiger partial charge in [-0.15, -0.1) is 0 Å². The van der Waals surface area contributed by atoms with E-state index in [9.17, 15) is 4.79 Å². The third-order valence-electron chi connectivity index (χ3n) is 5.08. The highest BCUT2D eigenvalue weighted by Crippen LogP contribution is 2.14. The van der Waals surface area contributed by atoms with Crippen LogP contribution in [0.3, 0.4) is 0 Å². The second-order valence-corrected chi connectivity index (χ2v) is 7.44. The number of nitrogens with one attached hydrogen (secondary N) is 1. The Bertz CT molecular complexity index is 772. The first-order chi connectivity index (χ1) is 14.2. The molecule has 1 saturated heterocycles. The van der Waals surface area contributed by atoms with Gasteiger partial charge in [-0.2, -0.15) is 0 Å². The maximum Gasteiger partial charge on any atom is 0.251 e. The quantitative estimate of drug-likeness (QED) is 0.588. The SMILES string of the molecule is CCOCCOCc1cccc(CNC(=O)c2cccc(CN3CCCC3)c2)c1. The van der Waals surface area contributed by atoms with Crippen LogP contribution in [0, 0.1) is 0 Å². The van der Waals surface area contributed by atoms with Crippen LogP contribution in [0.25, 0.3) is 0 Å². The van der Waals surface area contributed by atoms with Crippen LogP contribution in [-0.2, 0) is 29.2 Å². The summed E-state index contributed by atoms with van der Waals surface area (Å²) >= 11 is 0. The van der Waals surface area contributed by atoms with Crippen molar-refractivity contribution in [2.75, 3.05) is 32.9 Å². The van der Waals surface area contributed by atoms with Gasteiger partial charge >= 0.3 is 0 Å². The number of carbonyl (C=O) groups is 1. The zero-order valence-corrected chi connectivity index (χ0v) is 17.4. The first-order valence-electron chi connectivity index (χ1n) is 10.6. The number of hydrogen-bond donors (Lipinski definition) is 1. The van der Waals surface area contributed by atoms with E-state index in [-0.39, 0.29) is 5.91 Å². The minimum Gasteiger partial charge on any atom is -0.379 e. The molecule has 5 heteroatoms. The molecule has 2 aromatic rings. The molecule has 1 heterocycles. The summed E-state index contributed by atoms with van der Waals surface area (Å²) < 4.78 is 10.9. The van der Waals surface area contributed by atoms with E-state index in [0.29, 0.717) is 33.0 Å². The van der Waals surface area contributed by atoms with Gasteiger partial charge in [0.1, 0.15) is 0 Å². The first-order valence-corrected chi connectivity index (χ1v) is 10.6. The molecule has 0 radical (unpaired) electrons. The number of hydrogen-bond acceptors (Lipinski definition) is 4. The zero-order valence-electron chi connectivity index (χ0n) is 17.4. The monoisotopic (exact) mass is 396 g/mol. The molecule has 0 bridgehead atoms.